The summed E-state index contributed by atoms with van der Waals surface area (Å²) in [7, 11) is 2.96. The molecule has 0 saturated carbocycles. The predicted molar refractivity (Wildman–Crippen MR) is 83.5 cm³/mol. The molecule has 6 nitrogen and oxygen atoms in total. The second-order valence-electron chi connectivity index (χ2n) is 5.32. The number of nitrogens with zero attached hydrogens (tertiary/aromatic N) is 2. The number of rotatable bonds is 1. The molecule has 1 amide bonds. The summed E-state index contributed by atoms with van der Waals surface area (Å²) in [4.78, 5) is 36.5. The van der Waals surface area contributed by atoms with Crippen LogP contribution in [0.3, 0.4) is 0 Å². The van der Waals surface area contributed by atoms with Gasteiger partial charge in [0.2, 0.25) is 5.91 Å². The quantitative estimate of drug-likeness (QED) is 0.858. The fraction of sp³-hybridized carbons (Fsp3) is 0.267. The fourth-order valence-corrected chi connectivity index (χ4v) is 2.91. The maximum atomic E-state index is 12.5. The number of aromatic nitrogens is 2. The monoisotopic (exact) mass is 319 g/mol. The molecule has 0 spiro atoms. The van der Waals surface area contributed by atoms with Crippen molar-refractivity contribution < 1.29 is 4.79 Å². The minimum Gasteiger partial charge on any atom is -0.312 e. The average Bonchev–Trinajstić information content (AvgIpc) is 2.50. The number of carbonyl (C=O) groups excluding carboxylic acids is 1. The van der Waals surface area contributed by atoms with Gasteiger partial charge in [-0.3, -0.25) is 18.7 Å². The molecule has 0 unspecified atom stereocenters. The summed E-state index contributed by atoms with van der Waals surface area (Å²) in [6, 6.07) is 7.02. The minimum absolute atomic E-state index is 0.155. The zero-order valence-corrected chi connectivity index (χ0v) is 12.8. The van der Waals surface area contributed by atoms with Crippen molar-refractivity contribution in [3.8, 4) is 0 Å². The number of benzene rings is 1. The Kier molecular flexibility index (Phi) is 3.41. The maximum Gasteiger partial charge on any atom is 0.332 e. The molecule has 1 aromatic carbocycles. The SMILES string of the molecule is Cn1c2c(c(=O)n(C)c1=O)[C@H](c1ccc(Cl)cc1)CC(=O)N2. The van der Waals surface area contributed by atoms with Gasteiger partial charge in [-0.05, 0) is 17.7 Å². The van der Waals surface area contributed by atoms with Crippen LogP contribution in [-0.2, 0) is 18.9 Å². The third-order valence-corrected chi connectivity index (χ3v) is 4.22. The number of carbonyl (C=O) groups is 1. The van der Waals surface area contributed by atoms with Gasteiger partial charge in [0.15, 0.2) is 0 Å². The van der Waals surface area contributed by atoms with Gasteiger partial charge in [-0.25, -0.2) is 4.79 Å². The van der Waals surface area contributed by atoms with E-state index in [0.29, 0.717) is 10.6 Å². The standard InChI is InChI=1S/C15H14ClN3O3/c1-18-13-12(14(21)19(2)15(18)22)10(7-11(20)17-13)8-3-5-9(16)6-4-8/h3-6,10H,7H2,1-2H3,(H,17,20)/t10-/m0/s1. The highest BCUT2D eigenvalue weighted by Crippen LogP contribution is 2.34. The van der Waals surface area contributed by atoms with Crippen LogP contribution in [0.4, 0.5) is 5.82 Å². The molecule has 0 fully saturated rings. The lowest BCUT2D eigenvalue weighted by Gasteiger charge is -2.27. The molecule has 1 atom stereocenters. The average molecular weight is 320 g/mol. The van der Waals surface area contributed by atoms with Crippen molar-refractivity contribution in [1.29, 1.82) is 0 Å². The van der Waals surface area contributed by atoms with Crippen LogP contribution in [-0.4, -0.2) is 15.0 Å². The van der Waals surface area contributed by atoms with Crippen LogP contribution in [0.15, 0.2) is 33.9 Å². The largest absolute Gasteiger partial charge is 0.332 e. The van der Waals surface area contributed by atoms with E-state index < -0.39 is 17.2 Å². The Morgan fingerprint density at radius 1 is 1.09 bits per heavy atom. The van der Waals surface area contributed by atoms with Crippen LogP contribution in [0.2, 0.25) is 5.02 Å². The Bertz CT molecular complexity index is 881. The van der Waals surface area contributed by atoms with Crippen molar-refractivity contribution >= 4 is 23.3 Å². The van der Waals surface area contributed by atoms with Crippen LogP contribution in [0.25, 0.3) is 0 Å². The lowest BCUT2D eigenvalue weighted by Crippen LogP contribution is -2.44. The molecular formula is C15H14ClN3O3. The first-order valence-electron chi connectivity index (χ1n) is 6.75. The lowest BCUT2D eigenvalue weighted by molar-refractivity contribution is -0.116. The lowest BCUT2D eigenvalue weighted by atomic mass is 9.87. The van der Waals surface area contributed by atoms with Crippen LogP contribution in [0, 0.1) is 0 Å². The molecule has 0 saturated heterocycles. The number of hydrogen-bond donors (Lipinski definition) is 1. The molecule has 22 heavy (non-hydrogen) atoms. The zero-order chi connectivity index (χ0) is 16.0. The van der Waals surface area contributed by atoms with Crippen LogP contribution in [0.1, 0.15) is 23.5 Å². The molecule has 2 heterocycles. The predicted octanol–water partition coefficient (Wildman–Crippen LogP) is 1.21. The second kappa shape index (κ2) is 5.14. The summed E-state index contributed by atoms with van der Waals surface area (Å²) >= 11 is 5.89. The van der Waals surface area contributed by atoms with Crippen molar-refractivity contribution in [3.05, 3.63) is 61.3 Å². The van der Waals surface area contributed by atoms with E-state index in [1.807, 2.05) is 0 Å². The summed E-state index contributed by atoms with van der Waals surface area (Å²) < 4.78 is 2.34. The number of nitrogens with one attached hydrogen (secondary N) is 1. The molecular weight excluding hydrogens is 306 g/mol. The summed E-state index contributed by atoms with van der Waals surface area (Å²) in [5.74, 6) is -0.355. The van der Waals surface area contributed by atoms with Gasteiger partial charge in [0.1, 0.15) is 5.82 Å². The zero-order valence-electron chi connectivity index (χ0n) is 12.1. The highest BCUT2D eigenvalue weighted by molar-refractivity contribution is 6.30. The summed E-state index contributed by atoms with van der Waals surface area (Å²) in [6.07, 6.45) is 0.155. The van der Waals surface area contributed by atoms with E-state index in [2.05, 4.69) is 5.32 Å². The Morgan fingerprint density at radius 2 is 1.73 bits per heavy atom. The number of halogens is 1. The topological polar surface area (TPSA) is 73.1 Å². The first-order valence-corrected chi connectivity index (χ1v) is 7.13. The maximum absolute atomic E-state index is 12.5. The molecule has 0 radical (unpaired) electrons. The van der Waals surface area contributed by atoms with Crippen LogP contribution < -0.4 is 16.6 Å². The van der Waals surface area contributed by atoms with Crippen molar-refractivity contribution in [2.45, 2.75) is 12.3 Å². The van der Waals surface area contributed by atoms with E-state index in [4.69, 9.17) is 11.6 Å². The normalized spacial score (nSPS) is 17.0. The molecule has 1 aromatic heterocycles. The van der Waals surface area contributed by atoms with E-state index in [1.165, 1.54) is 18.7 Å². The molecule has 1 aliphatic rings. The first-order chi connectivity index (χ1) is 10.4. The van der Waals surface area contributed by atoms with E-state index in [0.717, 1.165) is 10.1 Å². The van der Waals surface area contributed by atoms with Crippen molar-refractivity contribution in [1.82, 2.24) is 9.13 Å². The summed E-state index contributed by atoms with van der Waals surface area (Å²) in [5.41, 5.74) is 0.377. The molecule has 2 aromatic rings. The van der Waals surface area contributed by atoms with E-state index in [9.17, 15) is 14.4 Å². The molecule has 1 N–H and O–H groups in total. The molecule has 3 rings (SSSR count). The number of hydrogen-bond acceptors (Lipinski definition) is 3. The number of anilines is 1. The second-order valence-corrected chi connectivity index (χ2v) is 5.76. The third kappa shape index (κ3) is 2.16. The molecule has 114 valence electrons. The molecule has 1 aliphatic heterocycles. The van der Waals surface area contributed by atoms with Crippen LogP contribution in [0.5, 0.6) is 0 Å². The van der Waals surface area contributed by atoms with Gasteiger partial charge >= 0.3 is 5.69 Å². The highest BCUT2D eigenvalue weighted by atomic mass is 35.5. The molecule has 0 aliphatic carbocycles. The molecule has 0 bridgehead atoms. The van der Waals surface area contributed by atoms with Gasteiger partial charge in [-0.2, -0.15) is 0 Å². The highest BCUT2D eigenvalue weighted by Gasteiger charge is 2.32. The molecule has 7 heteroatoms. The van der Waals surface area contributed by atoms with Crippen LogP contribution >= 0.6 is 11.6 Å². The van der Waals surface area contributed by atoms with Gasteiger partial charge in [-0.15, -0.1) is 0 Å². The Hall–Kier alpha value is -2.34. The van der Waals surface area contributed by atoms with Gasteiger partial charge in [0.25, 0.3) is 5.56 Å². The third-order valence-electron chi connectivity index (χ3n) is 3.97. The fourth-order valence-electron chi connectivity index (χ4n) is 2.79. The van der Waals surface area contributed by atoms with Gasteiger partial charge < -0.3 is 5.32 Å². The van der Waals surface area contributed by atoms with E-state index in [-0.39, 0.29) is 18.1 Å². The summed E-state index contributed by atoms with van der Waals surface area (Å²) in [5, 5.41) is 3.21. The number of fused-ring (bicyclic) bond motifs is 1. The van der Waals surface area contributed by atoms with Gasteiger partial charge in [-0.1, -0.05) is 23.7 Å². The van der Waals surface area contributed by atoms with Gasteiger partial charge in [0.05, 0.1) is 5.56 Å². The Labute approximate surface area is 131 Å². The van der Waals surface area contributed by atoms with Crippen molar-refractivity contribution in [2.75, 3.05) is 5.32 Å². The first kappa shape index (κ1) is 14.6. The number of amides is 1. The van der Waals surface area contributed by atoms with Crippen molar-refractivity contribution in [2.24, 2.45) is 14.1 Å². The Morgan fingerprint density at radius 3 is 2.36 bits per heavy atom. The minimum atomic E-state index is -0.471. The Balaban J connectivity index is 2.30. The summed E-state index contributed by atoms with van der Waals surface area (Å²) in [6.45, 7) is 0. The van der Waals surface area contributed by atoms with E-state index in [1.54, 1.807) is 24.3 Å². The van der Waals surface area contributed by atoms with E-state index >= 15 is 0 Å². The smallest absolute Gasteiger partial charge is 0.312 e. The van der Waals surface area contributed by atoms with Gasteiger partial charge in [0, 0.05) is 31.5 Å². The van der Waals surface area contributed by atoms with Crippen molar-refractivity contribution in [3.63, 3.8) is 0 Å².